The zero-order valence-electron chi connectivity index (χ0n) is 19.6. The summed E-state index contributed by atoms with van der Waals surface area (Å²) in [4.78, 5) is 46.8. The van der Waals surface area contributed by atoms with Crippen molar-refractivity contribution in [3.63, 3.8) is 0 Å². The van der Waals surface area contributed by atoms with Gasteiger partial charge in [-0.15, -0.1) is 0 Å². The number of hydrogen-bond acceptors (Lipinski definition) is 4. The number of halogens is 3. The Balaban J connectivity index is 1.67. The van der Waals surface area contributed by atoms with Gasteiger partial charge in [0.25, 0.3) is 11.8 Å². The predicted octanol–water partition coefficient (Wildman–Crippen LogP) is 4.65. The first-order valence-electron chi connectivity index (χ1n) is 11.6. The zero-order chi connectivity index (χ0) is 25.9. The van der Waals surface area contributed by atoms with Crippen molar-refractivity contribution in [2.24, 2.45) is 5.92 Å². The van der Waals surface area contributed by atoms with E-state index in [1.807, 2.05) is 5.32 Å². The number of anilines is 2. The van der Waals surface area contributed by atoms with E-state index in [9.17, 15) is 27.6 Å². The Morgan fingerprint density at radius 1 is 1.08 bits per heavy atom. The molecule has 1 aromatic carbocycles. The Labute approximate surface area is 205 Å². The van der Waals surface area contributed by atoms with Crippen molar-refractivity contribution in [1.82, 2.24) is 15.3 Å². The molecular weight excluding hydrogens is 475 g/mol. The van der Waals surface area contributed by atoms with Crippen molar-refractivity contribution in [3.05, 3.63) is 53.9 Å². The highest BCUT2D eigenvalue weighted by atomic mass is 19.4. The number of nitrogens with one attached hydrogen (secondary N) is 3. The van der Waals surface area contributed by atoms with Crippen molar-refractivity contribution in [2.45, 2.75) is 38.3 Å². The molecule has 0 saturated heterocycles. The third kappa shape index (κ3) is 5.67. The number of benzene rings is 1. The van der Waals surface area contributed by atoms with Gasteiger partial charge in [-0.05, 0) is 43.2 Å². The zero-order valence-corrected chi connectivity index (χ0v) is 19.6. The van der Waals surface area contributed by atoms with Crippen molar-refractivity contribution in [1.29, 1.82) is 0 Å². The highest BCUT2D eigenvalue weighted by Gasteiger charge is 2.30. The van der Waals surface area contributed by atoms with E-state index in [2.05, 4.69) is 15.3 Å². The summed E-state index contributed by atoms with van der Waals surface area (Å²) < 4.78 is 38.2. The predicted molar refractivity (Wildman–Crippen MR) is 129 cm³/mol. The molecule has 3 aromatic rings. The van der Waals surface area contributed by atoms with Crippen LogP contribution < -0.4 is 15.5 Å². The molecule has 0 unspecified atom stereocenters. The van der Waals surface area contributed by atoms with Gasteiger partial charge in [-0.3, -0.25) is 19.4 Å². The minimum Gasteiger partial charge on any atom is -0.343 e. The van der Waals surface area contributed by atoms with Crippen molar-refractivity contribution in [2.75, 3.05) is 23.8 Å². The van der Waals surface area contributed by atoms with Gasteiger partial charge in [0, 0.05) is 35.8 Å². The van der Waals surface area contributed by atoms with Gasteiger partial charge in [0.15, 0.2) is 0 Å². The van der Waals surface area contributed by atoms with Crippen LogP contribution in [0.25, 0.3) is 10.9 Å². The lowest BCUT2D eigenvalue weighted by atomic mass is 9.88. The normalized spacial score (nSPS) is 14.4. The highest BCUT2D eigenvalue weighted by molar-refractivity contribution is 6.15. The van der Waals surface area contributed by atoms with Crippen LogP contribution in [0.3, 0.4) is 0 Å². The van der Waals surface area contributed by atoms with Gasteiger partial charge in [-0.2, -0.15) is 13.2 Å². The number of H-pyrrole nitrogens is 1. The molecule has 0 bridgehead atoms. The van der Waals surface area contributed by atoms with Crippen LogP contribution in [0.2, 0.25) is 0 Å². The molecule has 1 aliphatic carbocycles. The van der Waals surface area contributed by atoms with Crippen LogP contribution in [-0.2, 0) is 4.79 Å². The van der Waals surface area contributed by atoms with Gasteiger partial charge in [0.2, 0.25) is 5.91 Å². The topological polar surface area (TPSA) is 107 Å². The average Bonchev–Trinajstić information content (AvgIpc) is 3.24. The van der Waals surface area contributed by atoms with E-state index >= 15 is 0 Å². The minimum atomic E-state index is -4.60. The van der Waals surface area contributed by atoms with Gasteiger partial charge in [0.1, 0.15) is 18.1 Å². The first-order chi connectivity index (χ1) is 17.1. The number of aromatic amines is 1. The standard InChI is InChI=1S/C25H26F3N5O3/c1-33(24(36)15-7-3-2-4-8-15)16-10-11-17-19(13-16)31-21(20(17)23(35)30-14-25(26,27)28)32-22(34)18-9-5-6-12-29-18/h5-6,9-13,15,31H,2-4,7-8,14H2,1H3,(H,30,35)(H,32,34). The van der Waals surface area contributed by atoms with Gasteiger partial charge in [0.05, 0.1) is 5.56 Å². The fourth-order valence-corrected chi connectivity index (χ4v) is 4.42. The quantitative estimate of drug-likeness (QED) is 0.457. The van der Waals surface area contributed by atoms with Crippen LogP contribution >= 0.6 is 0 Å². The second kappa shape index (κ2) is 10.4. The van der Waals surface area contributed by atoms with Gasteiger partial charge < -0.3 is 20.5 Å². The van der Waals surface area contributed by atoms with E-state index in [0.29, 0.717) is 16.6 Å². The molecule has 8 nitrogen and oxygen atoms in total. The molecule has 0 radical (unpaired) electrons. The summed E-state index contributed by atoms with van der Waals surface area (Å²) in [7, 11) is 1.67. The molecule has 1 aliphatic rings. The summed E-state index contributed by atoms with van der Waals surface area (Å²) in [6.45, 7) is -1.52. The maximum Gasteiger partial charge on any atom is 0.405 e. The Morgan fingerprint density at radius 2 is 1.83 bits per heavy atom. The maximum absolute atomic E-state index is 13.0. The average molecular weight is 502 g/mol. The second-order valence-electron chi connectivity index (χ2n) is 8.80. The van der Waals surface area contributed by atoms with Gasteiger partial charge in [-0.25, -0.2) is 0 Å². The van der Waals surface area contributed by atoms with Crippen LogP contribution in [0.5, 0.6) is 0 Å². The number of carbonyl (C=O) groups excluding carboxylic acids is 3. The van der Waals surface area contributed by atoms with Crippen molar-refractivity contribution in [3.8, 4) is 0 Å². The molecule has 3 amide bonds. The van der Waals surface area contributed by atoms with Crippen molar-refractivity contribution < 1.29 is 27.6 Å². The number of pyridine rings is 1. The highest BCUT2D eigenvalue weighted by Crippen LogP contribution is 2.32. The smallest absolute Gasteiger partial charge is 0.343 e. The number of alkyl halides is 3. The second-order valence-corrected chi connectivity index (χ2v) is 8.80. The lowest BCUT2D eigenvalue weighted by Crippen LogP contribution is -2.34. The Hall–Kier alpha value is -3.89. The molecule has 3 N–H and O–H groups in total. The van der Waals surface area contributed by atoms with E-state index in [-0.39, 0.29) is 28.9 Å². The minimum absolute atomic E-state index is 0.00701. The summed E-state index contributed by atoms with van der Waals surface area (Å²) in [5, 5.41) is 4.69. The molecule has 4 rings (SSSR count). The number of carbonyl (C=O) groups is 3. The first kappa shape index (κ1) is 25.2. The van der Waals surface area contributed by atoms with E-state index in [4.69, 9.17) is 0 Å². The largest absolute Gasteiger partial charge is 0.405 e. The van der Waals surface area contributed by atoms with Crippen LogP contribution in [-0.4, -0.2) is 47.5 Å². The molecule has 2 heterocycles. The SMILES string of the molecule is CN(C(=O)C1CCCCC1)c1ccc2c(C(=O)NCC(F)(F)F)c(NC(=O)c3ccccn3)[nH]c2c1. The van der Waals surface area contributed by atoms with Crippen LogP contribution in [0.15, 0.2) is 42.6 Å². The number of rotatable bonds is 6. The van der Waals surface area contributed by atoms with E-state index in [1.165, 1.54) is 12.3 Å². The number of aromatic nitrogens is 2. The molecule has 0 aliphatic heterocycles. The molecule has 0 atom stereocenters. The van der Waals surface area contributed by atoms with Crippen molar-refractivity contribution >= 4 is 40.1 Å². The molecule has 2 aromatic heterocycles. The van der Waals surface area contributed by atoms with Gasteiger partial charge >= 0.3 is 6.18 Å². The van der Waals surface area contributed by atoms with Crippen LogP contribution in [0.4, 0.5) is 24.7 Å². The number of amides is 3. The number of nitrogens with zero attached hydrogens (tertiary/aromatic N) is 2. The Bertz CT molecular complexity index is 1270. The summed E-state index contributed by atoms with van der Waals surface area (Å²) in [5.74, 6) is -1.78. The molecule has 11 heteroatoms. The molecule has 190 valence electrons. The molecule has 0 spiro atoms. The molecule has 1 saturated carbocycles. The van der Waals surface area contributed by atoms with E-state index < -0.39 is 24.5 Å². The maximum atomic E-state index is 13.0. The third-order valence-corrected chi connectivity index (χ3v) is 6.27. The van der Waals surface area contributed by atoms with Crippen LogP contribution in [0, 0.1) is 5.92 Å². The summed E-state index contributed by atoms with van der Waals surface area (Å²) in [6.07, 6.45) is 1.62. The van der Waals surface area contributed by atoms with E-state index in [1.54, 1.807) is 42.3 Å². The fourth-order valence-electron chi connectivity index (χ4n) is 4.42. The Morgan fingerprint density at radius 3 is 2.50 bits per heavy atom. The number of fused-ring (bicyclic) bond motifs is 1. The molecule has 36 heavy (non-hydrogen) atoms. The Kier molecular flexibility index (Phi) is 7.27. The lowest BCUT2D eigenvalue weighted by Gasteiger charge is -2.26. The summed E-state index contributed by atoms with van der Waals surface area (Å²) in [5.41, 5.74) is 0.857. The first-order valence-corrected chi connectivity index (χ1v) is 11.6. The van der Waals surface area contributed by atoms with Crippen LogP contribution in [0.1, 0.15) is 53.0 Å². The molecular formula is C25H26F3N5O3. The third-order valence-electron chi connectivity index (χ3n) is 6.27. The monoisotopic (exact) mass is 501 g/mol. The van der Waals surface area contributed by atoms with E-state index in [0.717, 1.165) is 32.1 Å². The van der Waals surface area contributed by atoms with Gasteiger partial charge in [-0.1, -0.05) is 25.3 Å². The summed E-state index contributed by atoms with van der Waals surface area (Å²) >= 11 is 0. The lowest BCUT2D eigenvalue weighted by molar-refractivity contribution is -0.123. The summed E-state index contributed by atoms with van der Waals surface area (Å²) in [6, 6.07) is 9.50. The fraction of sp³-hybridized carbons (Fsp3) is 0.360. The number of hydrogen-bond donors (Lipinski definition) is 3. The molecule has 1 fully saturated rings.